The maximum Gasteiger partial charge on any atom is 0.308 e. The molecule has 1 rings (SSSR count). The van der Waals surface area contributed by atoms with E-state index in [4.69, 9.17) is 5.11 Å². The van der Waals surface area contributed by atoms with Crippen molar-refractivity contribution in [3.8, 4) is 0 Å². The number of carboxylic acids is 1. The molecule has 0 aliphatic heterocycles. The molecule has 1 aromatic carbocycles. The fourth-order valence-electron chi connectivity index (χ4n) is 1.77. The number of carbonyl (C=O) groups excluding carboxylic acids is 1. The normalized spacial score (nSPS) is 11.8. The summed E-state index contributed by atoms with van der Waals surface area (Å²) in [5.41, 5.74) is -0.901. The standard InChI is InChI=1S/C13H15FN2O5/c1-3-15(7-8(2)13(18)19)12(17)10-6-9(14)4-5-11(10)16(20)21/h4-6,8H,3,7H2,1-2H3,(H,18,19). The molecule has 0 aliphatic carbocycles. The Hall–Kier alpha value is -2.51. The van der Waals surface area contributed by atoms with Gasteiger partial charge in [0.25, 0.3) is 11.6 Å². The van der Waals surface area contributed by atoms with Crippen molar-refractivity contribution in [1.29, 1.82) is 0 Å². The molecular formula is C13H15FN2O5. The molecule has 1 atom stereocenters. The second kappa shape index (κ2) is 6.78. The first-order valence-corrected chi connectivity index (χ1v) is 6.24. The Morgan fingerprint density at radius 2 is 2.10 bits per heavy atom. The fourth-order valence-corrected chi connectivity index (χ4v) is 1.77. The van der Waals surface area contributed by atoms with E-state index in [1.54, 1.807) is 6.92 Å². The van der Waals surface area contributed by atoms with Crippen LogP contribution in [0.25, 0.3) is 0 Å². The minimum Gasteiger partial charge on any atom is -0.481 e. The quantitative estimate of drug-likeness (QED) is 0.638. The number of hydrogen-bond donors (Lipinski definition) is 1. The van der Waals surface area contributed by atoms with Crippen LogP contribution in [0, 0.1) is 21.8 Å². The summed E-state index contributed by atoms with van der Waals surface area (Å²) >= 11 is 0. The van der Waals surface area contributed by atoms with Crippen LogP contribution in [-0.4, -0.2) is 39.9 Å². The number of nitro benzene ring substituents is 1. The number of halogens is 1. The predicted octanol–water partition coefficient (Wildman–Crippen LogP) is 1.92. The third kappa shape index (κ3) is 3.98. The van der Waals surface area contributed by atoms with Crippen molar-refractivity contribution in [2.24, 2.45) is 5.92 Å². The number of nitro groups is 1. The molecule has 1 aromatic rings. The Balaban J connectivity index is 3.13. The number of carbonyl (C=O) groups is 2. The lowest BCUT2D eigenvalue weighted by molar-refractivity contribution is -0.385. The van der Waals surface area contributed by atoms with Crippen molar-refractivity contribution in [2.45, 2.75) is 13.8 Å². The zero-order valence-corrected chi connectivity index (χ0v) is 11.6. The topological polar surface area (TPSA) is 101 Å². The van der Waals surface area contributed by atoms with Gasteiger partial charge in [0, 0.05) is 19.2 Å². The molecular weight excluding hydrogens is 283 g/mol. The maximum atomic E-state index is 13.2. The highest BCUT2D eigenvalue weighted by molar-refractivity contribution is 5.98. The van der Waals surface area contributed by atoms with Crippen molar-refractivity contribution in [1.82, 2.24) is 4.90 Å². The Morgan fingerprint density at radius 1 is 1.48 bits per heavy atom. The third-order valence-corrected chi connectivity index (χ3v) is 2.97. The van der Waals surface area contributed by atoms with Gasteiger partial charge >= 0.3 is 5.97 Å². The molecule has 0 fully saturated rings. The Kier molecular flexibility index (Phi) is 5.34. The monoisotopic (exact) mass is 298 g/mol. The maximum absolute atomic E-state index is 13.2. The average molecular weight is 298 g/mol. The van der Waals surface area contributed by atoms with Gasteiger partial charge in [-0.15, -0.1) is 0 Å². The van der Waals surface area contributed by atoms with E-state index < -0.39 is 34.2 Å². The number of nitrogens with zero attached hydrogens (tertiary/aromatic N) is 2. The highest BCUT2D eigenvalue weighted by atomic mass is 19.1. The summed E-state index contributed by atoms with van der Waals surface area (Å²) in [6.45, 7) is 3.07. The van der Waals surface area contributed by atoms with E-state index in [0.29, 0.717) is 0 Å². The van der Waals surface area contributed by atoms with Crippen LogP contribution in [0.1, 0.15) is 24.2 Å². The summed E-state index contributed by atoms with van der Waals surface area (Å²) in [6, 6.07) is 2.59. The molecule has 0 saturated carbocycles. The number of amides is 1. The van der Waals surface area contributed by atoms with Gasteiger partial charge in [-0.3, -0.25) is 19.7 Å². The van der Waals surface area contributed by atoms with Crippen LogP contribution >= 0.6 is 0 Å². The lowest BCUT2D eigenvalue weighted by Gasteiger charge is -2.22. The van der Waals surface area contributed by atoms with Gasteiger partial charge in [0.2, 0.25) is 0 Å². The molecule has 0 radical (unpaired) electrons. The van der Waals surface area contributed by atoms with E-state index in [1.165, 1.54) is 6.92 Å². The molecule has 1 N–H and O–H groups in total. The number of carboxylic acid groups (broad SMARTS) is 1. The van der Waals surface area contributed by atoms with Crippen molar-refractivity contribution in [2.75, 3.05) is 13.1 Å². The van der Waals surface area contributed by atoms with Crippen LogP contribution in [0.4, 0.5) is 10.1 Å². The van der Waals surface area contributed by atoms with E-state index in [-0.39, 0.29) is 18.7 Å². The van der Waals surface area contributed by atoms with Gasteiger partial charge in [0.15, 0.2) is 0 Å². The third-order valence-electron chi connectivity index (χ3n) is 2.97. The molecule has 0 aliphatic rings. The van der Waals surface area contributed by atoms with Crippen molar-refractivity contribution in [3.05, 3.63) is 39.7 Å². The lowest BCUT2D eigenvalue weighted by atomic mass is 10.1. The van der Waals surface area contributed by atoms with Gasteiger partial charge in [-0.05, 0) is 19.1 Å². The average Bonchev–Trinajstić information content (AvgIpc) is 2.43. The van der Waals surface area contributed by atoms with Crippen LogP contribution in [0.15, 0.2) is 18.2 Å². The van der Waals surface area contributed by atoms with Crippen molar-refractivity contribution < 1.29 is 24.0 Å². The summed E-state index contributed by atoms with van der Waals surface area (Å²) < 4.78 is 13.2. The molecule has 0 spiro atoms. The Labute approximate surface area is 120 Å². The van der Waals surface area contributed by atoms with Crippen molar-refractivity contribution in [3.63, 3.8) is 0 Å². The van der Waals surface area contributed by atoms with Crippen molar-refractivity contribution >= 4 is 17.6 Å². The molecule has 0 bridgehead atoms. The van der Waals surface area contributed by atoms with E-state index in [0.717, 1.165) is 23.1 Å². The molecule has 0 saturated heterocycles. The minimum atomic E-state index is -1.09. The number of aliphatic carboxylic acids is 1. The first-order valence-electron chi connectivity index (χ1n) is 6.24. The highest BCUT2D eigenvalue weighted by Crippen LogP contribution is 2.21. The van der Waals surface area contributed by atoms with E-state index in [1.807, 2.05) is 0 Å². The summed E-state index contributed by atoms with van der Waals surface area (Å²) in [5, 5.41) is 19.8. The fraction of sp³-hybridized carbons (Fsp3) is 0.385. The van der Waals surface area contributed by atoms with E-state index in [9.17, 15) is 24.1 Å². The molecule has 0 heterocycles. The summed E-state index contributed by atoms with van der Waals surface area (Å²) in [7, 11) is 0. The van der Waals surface area contributed by atoms with Crippen LogP contribution in [0.5, 0.6) is 0 Å². The molecule has 21 heavy (non-hydrogen) atoms. The summed E-state index contributed by atoms with van der Waals surface area (Å²) in [6.07, 6.45) is 0. The summed E-state index contributed by atoms with van der Waals surface area (Å²) in [5.74, 6) is -3.46. The molecule has 1 unspecified atom stereocenters. The smallest absolute Gasteiger partial charge is 0.308 e. The van der Waals surface area contributed by atoms with Crippen LogP contribution in [0.2, 0.25) is 0 Å². The second-order valence-corrected chi connectivity index (χ2v) is 4.50. The van der Waals surface area contributed by atoms with E-state index in [2.05, 4.69) is 0 Å². The zero-order valence-electron chi connectivity index (χ0n) is 11.6. The van der Waals surface area contributed by atoms with Gasteiger partial charge in [0.05, 0.1) is 10.8 Å². The van der Waals surface area contributed by atoms with Gasteiger partial charge in [-0.25, -0.2) is 4.39 Å². The van der Waals surface area contributed by atoms with Gasteiger partial charge in [-0.2, -0.15) is 0 Å². The van der Waals surface area contributed by atoms with Crippen LogP contribution < -0.4 is 0 Å². The largest absolute Gasteiger partial charge is 0.481 e. The zero-order chi connectivity index (χ0) is 16.2. The molecule has 0 aromatic heterocycles. The van der Waals surface area contributed by atoms with Crippen LogP contribution in [-0.2, 0) is 4.79 Å². The van der Waals surface area contributed by atoms with Gasteiger partial charge in [0.1, 0.15) is 11.4 Å². The molecule has 7 nitrogen and oxygen atoms in total. The first kappa shape index (κ1) is 16.5. The molecule has 8 heteroatoms. The molecule has 114 valence electrons. The van der Waals surface area contributed by atoms with E-state index >= 15 is 0 Å². The number of rotatable bonds is 6. The number of benzene rings is 1. The Bertz CT molecular complexity index is 576. The first-order chi connectivity index (χ1) is 9.77. The van der Waals surface area contributed by atoms with Crippen LogP contribution in [0.3, 0.4) is 0 Å². The summed E-state index contributed by atoms with van der Waals surface area (Å²) in [4.78, 5) is 34.4. The number of hydrogen-bond acceptors (Lipinski definition) is 4. The molecule has 1 amide bonds. The SMILES string of the molecule is CCN(CC(C)C(=O)O)C(=O)c1cc(F)ccc1[N+](=O)[O-]. The predicted molar refractivity (Wildman–Crippen MR) is 71.4 cm³/mol. The van der Waals surface area contributed by atoms with Gasteiger partial charge < -0.3 is 10.0 Å². The Morgan fingerprint density at radius 3 is 2.57 bits per heavy atom. The minimum absolute atomic E-state index is 0.113. The second-order valence-electron chi connectivity index (χ2n) is 4.50. The highest BCUT2D eigenvalue weighted by Gasteiger charge is 2.26. The lowest BCUT2D eigenvalue weighted by Crippen LogP contribution is -2.37. The van der Waals surface area contributed by atoms with Gasteiger partial charge in [-0.1, -0.05) is 6.92 Å².